The number of aromatic carboxylic acids is 1. The molecular weight excluding hydrogens is 490 g/mol. The number of carboxylic acid groups (broad SMARTS) is 1. The number of imide groups is 1. The summed E-state index contributed by atoms with van der Waals surface area (Å²) in [5.41, 5.74) is 1.26. The summed E-state index contributed by atoms with van der Waals surface area (Å²) < 4.78 is 10.5. The molecule has 36 heavy (non-hydrogen) atoms. The van der Waals surface area contributed by atoms with Crippen molar-refractivity contribution in [3.05, 3.63) is 58.1 Å². The molecule has 0 aromatic heterocycles. The monoisotopic (exact) mass is 517 g/mol. The van der Waals surface area contributed by atoms with Crippen molar-refractivity contribution in [3.8, 4) is 11.5 Å². The van der Waals surface area contributed by atoms with Crippen LogP contribution in [-0.4, -0.2) is 61.1 Å². The molecule has 0 aliphatic carbocycles. The van der Waals surface area contributed by atoms with E-state index in [1.165, 1.54) is 26.4 Å². The minimum absolute atomic E-state index is 0.0129. The summed E-state index contributed by atoms with van der Waals surface area (Å²) in [7, 11) is 2.86. The van der Waals surface area contributed by atoms with Crippen LogP contribution >= 0.6 is 11.6 Å². The molecule has 3 rings (SSSR count). The maximum absolute atomic E-state index is 13.4. The SMILES string of the molecule is CCC(NC(=O)N1CC(=O)NCC(Cc2cc(Cl)ccc2OC)C1=O)c1ccc(C(=O)O)c(OC)c1. The molecule has 192 valence electrons. The zero-order valence-corrected chi connectivity index (χ0v) is 20.9. The van der Waals surface area contributed by atoms with Gasteiger partial charge < -0.3 is 25.2 Å². The molecule has 1 aliphatic rings. The molecule has 2 aromatic rings. The summed E-state index contributed by atoms with van der Waals surface area (Å²) in [6.07, 6.45) is 0.649. The van der Waals surface area contributed by atoms with Gasteiger partial charge in [0.2, 0.25) is 11.8 Å². The lowest BCUT2D eigenvalue weighted by atomic mass is 9.97. The third-order valence-corrected chi connectivity index (χ3v) is 6.22. The molecule has 1 fully saturated rings. The molecule has 11 heteroatoms. The normalized spacial score (nSPS) is 16.6. The minimum atomic E-state index is -1.14. The Morgan fingerprint density at radius 2 is 1.89 bits per heavy atom. The van der Waals surface area contributed by atoms with Gasteiger partial charge in [0.15, 0.2) is 0 Å². The first kappa shape index (κ1) is 26.8. The number of methoxy groups -OCH3 is 2. The number of ether oxygens (including phenoxy) is 2. The molecule has 3 N–H and O–H groups in total. The summed E-state index contributed by atoms with van der Waals surface area (Å²) in [4.78, 5) is 51.2. The molecule has 0 spiro atoms. The second-order valence-electron chi connectivity index (χ2n) is 8.26. The van der Waals surface area contributed by atoms with Crippen molar-refractivity contribution in [1.29, 1.82) is 0 Å². The Morgan fingerprint density at radius 1 is 1.17 bits per heavy atom. The van der Waals surface area contributed by atoms with E-state index in [4.69, 9.17) is 21.1 Å². The van der Waals surface area contributed by atoms with Gasteiger partial charge in [0, 0.05) is 11.6 Å². The fourth-order valence-electron chi connectivity index (χ4n) is 4.07. The lowest BCUT2D eigenvalue weighted by Gasteiger charge is -2.26. The number of carbonyl (C=O) groups is 4. The van der Waals surface area contributed by atoms with Crippen LogP contribution in [0.1, 0.15) is 40.9 Å². The molecule has 1 aliphatic heterocycles. The molecular formula is C25H28ClN3O7. The Bertz CT molecular complexity index is 1170. The van der Waals surface area contributed by atoms with Crippen molar-refractivity contribution in [2.45, 2.75) is 25.8 Å². The fraction of sp³-hybridized carbons (Fsp3) is 0.360. The highest BCUT2D eigenvalue weighted by Crippen LogP contribution is 2.28. The smallest absolute Gasteiger partial charge is 0.339 e. The van der Waals surface area contributed by atoms with E-state index in [0.29, 0.717) is 28.3 Å². The average molecular weight is 518 g/mol. The van der Waals surface area contributed by atoms with Crippen molar-refractivity contribution < 1.29 is 33.8 Å². The number of nitrogens with one attached hydrogen (secondary N) is 2. The molecule has 2 atom stereocenters. The van der Waals surface area contributed by atoms with E-state index >= 15 is 0 Å². The van der Waals surface area contributed by atoms with E-state index < -0.39 is 42.3 Å². The molecule has 4 amide bonds. The predicted molar refractivity (Wildman–Crippen MR) is 131 cm³/mol. The van der Waals surface area contributed by atoms with Gasteiger partial charge in [0.05, 0.1) is 26.2 Å². The van der Waals surface area contributed by atoms with Crippen LogP contribution in [0.25, 0.3) is 0 Å². The quantitative estimate of drug-likeness (QED) is 0.490. The Labute approximate surface area is 213 Å². The number of nitrogens with zero attached hydrogens (tertiary/aromatic N) is 1. The largest absolute Gasteiger partial charge is 0.496 e. The summed E-state index contributed by atoms with van der Waals surface area (Å²) in [6, 6.07) is 8.26. The van der Waals surface area contributed by atoms with Crippen molar-refractivity contribution in [2.75, 3.05) is 27.3 Å². The highest BCUT2D eigenvalue weighted by molar-refractivity contribution is 6.30. The first-order chi connectivity index (χ1) is 17.2. The van der Waals surface area contributed by atoms with Crippen molar-refractivity contribution in [3.63, 3.8) is 0 Å². The van der Waals surface area contributed by atoms with Gasteiger partial charge in [-0.05, 0) is 54.3 Å². The van der Waals surface area contributed by atoms with Crippen LogP contribution in [0.5, 0.6) is 11.5 Å². The van der Waals surface area contributed by atoms with E-state index in [9.17, 15) is 24.3 Å². The van der Waals surface area contributed by atoms with Crippen molar-refractivity contribution in [1.82, 2.24) is 15.5 Å². The van der Waals surface area contributed by atoms with Crippen LogP contribution in [0.3, 0.4) is 0 Å². The van der Waals surface area contributed by atoms with Gasteiger partial charge in [0.25, 0.3) is 0 Å². The summed E-state index contributed by atoms with van der Waals surface area (Å²) in [5.74, 6) is -2.14. The van der Waals surface area contributed by atoms with Gasteiger partial charge in [0.1, 0.15) is 23.6 Å². The van der Waals surface area contributed by atoms with Crippen LogP contribution in [0.4, 0.5) is 4.79 Å². The maximum atomic E-state index is 13.4. The first-order valence-corrected chi connectivity index (χ1v) is 11.7. The Hall–Kier alpha value is -3.79. The molecule has 0 bridgehead atoms. The average Bonchev–Trinajstić information content (AvgIpc) is 3.00. The third kappa shape index (κ3) is 6.06. The third-order valence-electron chi connectivity index (χ3n) is 5.98. The predicted octanol–water partition coefficient (Wildman–Crippen LogP) is 3.03. The number of urea groups is 1. The van der Waals surface area contributed by atoms with E-state index in [-0.39, 0.29) is 24.3 Å². The number of hydrogen-bond acceptors (Lipinski definition) is 6. The number of carboxylic acids is 1. The van der Waals surface area contributed by atoms with Crippen LogP contribution < -0.4 is 20.1 Å². The molecule has 2 aromatic carbocycles. The topological polar surface area (TPSA) is 134 Å². The second-order valence-corrected chi connectivity index (χ2v) is 8.70. The number of halogens is 1. The number of benzene rings is 2. The zero-order valence-electron chi connectivity index (χ0n) is 20.2. The molecule has 0 saturated carbocycles. The van der Waals surface area contributed by atoms with Crippen molar-refractivity contribution >= 4 is 35.4 Å². The molecule has 1 heterocycles. The van der Waals surface area contributed by atoms with E-state index in [2.05, 4.69) is 10.6 Å². The lowest BCUT2D eigenvalue weighted by Crippen LogP contribution is -2.48. The van der Waals surface area contributed by atoms with E-state index in [1.807, 2.05) is 6.92 Å². The minimum Gasteiger partial charge on any atom is -0.496 e. The number of rotatable bonds is 8. The summed E-state index contributed by atoms with van der Waals surface area (Å²) in [5, 5.41) is 15.3. The zero-order chi connectivity index (χ0) is 26.4. The molecule has 1 saturated heterocycles. The second kappa shape index (κ2) is 11.8. The Kier molecular flexibility index (Phi) is 8.76. The Balaban J connectivity index is 1.82. The van der Waals surface area contributed by atoms with E-state index in [1.54, 1.807) is 24.3 Å². The van der Waals surface area contributed by atoms with Crippen LogP contribution in [0, 0.1) is 5.92 Å². The van der Waals surface area contributed by atoms with Crippen LogP contribution in [-0.2, 0) is 16.0 Å². The van der Waals surface area contributed by atoms with Crippen LogP contribution in [0.15, 0.2) is 36.4 Å². The standard InChI is InChI=1S/C25H28ClN3O7/c1-4-19(14-5-7-18(24(32)33)21(11-14)36-3)28-25(34)29-13-22(30)27-12-16(23(29)31)9-15-10-17(26)6-8-20(15)35-2/h5-8,10-11,16,19H,4,9,12-13H2,1-3H3,(H,27,30)(H,28,34)(H,32,33). The van der Waals surface area contributed by atoms with Gasteiger partial charge in [-0.15, -0.1) is 0 Å². The molecule has 0 radical (unpaired) electrons. The maximum Gasteiger partial charge on any atom is 0.339 e. The van der Waals surface area contributed by atoms with Gasteiger partial charge in [-0.25, -0.2) is 9.59 Å². The molecule has 10 nitrogen and oxygen atoms in total. The van der Waals surface area contributed by atoms with E-state index in [0.717, 1.165) is 4.90 Å². The van der Waals surface area contributed by atoms with Gasteiger partial charge in [-0.2, -0.15) is 0 Å². The van der Waals surface area contributed by atoms with Crippen LogP contribution in [0.2, 0.25) is 5.02 Å². The van der Waals surface area contributed by atoms with Gasteiger partial charge >= 0.3 is 12.0 Å². The summed E-state index contributed by atoms with van der Waals surface area (Å²) >= 11 is 6.12. The molecule has 2 unspecified atom stereocenters. The number of hydrogen-bond donors (Lipinski definition) is 3. The lowest BCUT2D eigenvalue weighted by molar-refractivity contribution is -0.133. The number of carbonyl (C=O) groups excluding carboxylic acids is 3. The Morgan fingerprint density at radius 3 is 2.53 bits per heavy atom. The highest BCUT2D eigenvalue weighted by Gasteiger charge is 2.35. The van der Waals surface area contributed by atoms with Crippen molar-refractivity contribution in [2.24, 2.45) is 5.92 Å². The van der Waals surface area contributed by atoms with Gasteiger partial charge in [-0.3, -0.25) is 14.5 Å². The number of amides is 4. The van der Waals surface area contributed by atoms with Gasteiger partial charge in [-0.1, -0.05) is 24.6 Å². The summed E-state index contributed by atoms with van der Waals surface area (Å²) in [6.45, 7) is 1.46. The fourth-order valence-corrected chi connectivity index (χ4v) is 4.27. The highest BCUT2D eigenvalue weighted by atomic mass is 35.5. The first-order valence-electron chi connectivity index (χ1n) is 11.3.